The SMILES string of the molecule is COC(=O)C(O)c1ccc(O)c(CN(C)C)c1C. The average molecular weight is 253 g/mol. The van der Waals surface area contributed by atoms with Gasteiger partial charge < -0.3 is 19.8 Å². The Hall–Kier alpha value is -1.59. The summed E-state index contributed by atoms with van der Waals surface area (Å²) in [5.41, 5.74) is 1.85. The van der Waals surface area contributed by atoms with Gasteiger partial charge in [0.15, 0.2) is 6.10 Å². The fourth-order valence-corrected chi connectivity index (χ4v) is 1.81. The molecular weight excluding hydrogens is 234 g/mol. The Kier molecular flexibility index (Phi) is 4.69. The molecule has 0 spiro atoms. The Morgan fingerprint density at radius 2 is 2.06 bits per heavy atom. The molecule has 0 heterocycles. The summed E-state index contributed by atoms with van der Waals surface area (Å²) in [6, 6.07) is 3.01. The van der Waals surface area contributed by atoms with Gasteiger partial charge in [-0.2, -0.15) is 0 Å². The molecule has 5 nitrogen and oxygen atoms in total. The third-order valence-corrected chi connectivity index (χ3v) is 2.81. The molecular formula is C13H19NO4. The number of carbonyl (C=O) groups excluding carboxylic acids is 1. The average Bonchev–Trinajstić information content (AvgIpc) is 2.32. The van der Waals surface area contributed by atoms with Gasteiger partial charge in [-0.1, -0.05) is 6.07 Å². The van der Waals surface area contributed by atoms with Gasteiger partial charge in [0.25, 0.3) is 0 Å². The van der Waals surface area contributed by atoms with Crippen molar-refractivity contribution in [3.63, 3.8) is 0 Å². The number of hydrogen-bond acceptors (Lipinski definition) is 5. The van der Waals surface area contributed by atoms with Crippen LogP contribution in [0.4, 0.5) is 0 Å². The maximum absolute atomic E-state index is 11.3. The number of esters is 1. The van der Waals surface area contributed by atoms with Crippen molar-refractivity contribution in [2.45, 2.75) is 19.6 Å². The van der Waals surface area contributed by atoms with Crippen LogP contribution in [0.15, 0.2) is 12.1 Å². The van der Waals surface area contributed by atoms with Gasteiger partial charge in [-0.05, 0) is 38.2 Å². The standard InChI is InChI=1S/C13H19NO4/c1-8-9(12(16)13(17)18-4)5-6-11(15)10(8)7-14(2)3/h5-6,12,15-16H,7H2,1-4H3. The molecule has 0 aromatic heterocycles. The maximum atomic E-state index is 11.3. The van der Waals surface area contributed by atoms with E-state index in [1.54, 1.807) is 6.92 Å². The van der Waals surface area contributed by atoms with Crippen molar-refractivity contribution in [2.75, 3.05) is 21.2 Å². The second kappa shape index (κ2) is 5.84. The first kappa shape index (κ1) is 14.5. The predicted octanol–water partition coefficient (Wildman–Crippen LogP) is 0.969. The number of hydrogen-bond donors (Lipinski definition) is 2. The van der Waals surface area contributed by atoms with Crippen molar-refractivity contribution in [3.8, 4) is 5.75 Å². The summed E-state index contributed by atoms with van der Waals surface area (Å²) in [6.07, 6.45) is -1.32. The summed E-state index contributed by atoms with van der Waals surface area (Å²) in [4.78, 5) is 13.2. The molecule has 5 heteroatoms. The number of carbonyl (C=O) groups is 1. The van der Waals surface area contributed by atoms with Crippen LogP contribution in [0.25, 0.3) is 0 Å². The van der Waals surface area contributed by atoms with E-state index in [1.807, 2.05) is 19.0 Å². The highest BCUT2D eigenvalue weighted by Gasteiger charge is 2.22. The van der Waals surface area contributed by atoms with E-state index < -0.39 is 12.1 Å². The summed E-state index contributed by atoms with van der Waals surface area (Å²) >= 11 is 0. The van der Waals surface area contributed by atoms with E-state index in [0.29, 0.717) is 23.2 Å². The topological polar surface area (TPSA) is 70.0 Å². The number of phenols is 1. The fourth-order valence-electron chi connectivity index (χ4n) is 1.81. The lowest BCUT2D eigenvalue weighted by Crippen LogP contribution is -2.17. The number of methoxy groups -OCH3 is 1. The number of ether oxygens (including phenoxy) is 1. The van der Waals surface area contributed by atoms with Crippen LogP contribution in [0.2, 0.25) is 0 Å². The smallest absolute Gasteiger partial charge is 0.339 e. The van der Waals surface area contributed by atoms with Crippen LogP contribution in [0.3, 0.4) is 0 Å². The molecule has 0 radical (unpaired) electrons. The van der Waals surface area contributed by atoms with Crippen LogP contribution in [0.5, 0.6) is 5.75 Å². The molecule has 1 aromatic carbocycles. The molecule has 0 saturated carbocycles. The number of rotatable bonds is 4. The molecule has 1 aromatic rings. The fraction of sp³-hybridized carbons (Fsp3) is 0.462. The zero-order valence-corrected chi connectivity index (χ0v) is 11.1. The zero-order valence-electron chi connectivity index (χ0n) is 11.1. The highest BCUT2D eigenvalue weighted by Crippen LogP contribution is 2.29. The van der Waals surface area contributed by atoms with Crippen molar-refractivity contribution in [1.29, 1.82) is 0 Å². The van der Waals surface area contributed by atoms with E-state index in [2.05, 4.69) is 4.74 Å². The second-order valence-electron chi connectivity index (χ2n) is 4.44. The highest BCUT2D eigenvalue weighted by atomic mass is 16.5. The Bertz CT molecular complexity index is 443. The van der Waals surface area contributed by atoms with Crippen LogP contribution in [0, 0.1) is 6.92 Å². The quantitative estimate of drug-likeness (QED) is 0.782. The van der Waals surface area contributed by atoms with Gasteiger partial charge in [0.2, 0.25) is 0 Å². The summed E-state index contributed by atoms with van der Waals surface area (Å²) < 4.78 is 4.51. The Balaban J connectivity index is 3.19. The van der Waals surface area contributed by atoms with Crippen LogP contribution in [0.1, 0.15) is 22.8 Å². The Morgan fingerprint density at radius 1 is 1.44 bits per heavy atom. The van der Waals surface area contributed by atoms with Gasteiger partial charge in [-0.15, -0.1) is 0 Å². The number of benzene rings is 1. The largest absolute Gasteiger partial charge is 0.508 e. The maximum Gasteiger partial charge on any atom is 0.339 e. The first-order chi connectivity index (χ1) is 8.38. The number of aliphatic hydroxyl groups excluding tert-OH is 1. The lowest BCUT2D eigenvalue weighted by Gasteiger charge is -2.18. The molecule has 100 valence electrons. The summed E-state index contributed by atoms with van der Waals surface area (Å²) in [5, 5.41) is 19.7. The van der Waals surface area contributed by atoms with Gasteiger partial charge >= 0.3 is 5.97 Å². The van der Waals surface area contributed by atoms with Crippen molar-refractivity contribution >= 4 is 5.97 Å². The predicted molar refractivity (Wildman–Crippen MR) is 67.2 cm³/mol. The molecule has 2 N–H and O–H groups in total. The van der Waals surface area contributed by atoms with Crippen LogP contribution < -0.4 is 0 Å². The Morgan fingerprint density at radius 3 is 2.56 bits per heavy atom. The van der Waals surface area contributed by atoms with E-state index in [9.17, 15) is 15.0 Å². The van der Waals surface area contributed by atoms with Gasteiger partial charge in [0, 0.05) is 12.1 Å². The number of aromatic hydroxyl groups is 1. The van der Waals surface area contributed by atoms with Crippen LogP contribution in [-0.4, -0.2) is 42.3 Å². The molecule has 18 heavy (non-hydrogen) atoms. The van der Waals surface area contributed by atoms with Crippen LogP contribution in [-0.2, 0) is 16.1 Å². The van der Waals surface area contributed by atoms with Gasteiger partial charge in [0.1, 0.15) is 5.75 Å². The summed E-state index contributed by atoms with van der Waals surface area (Å²) in [5.74, 6) is -0.554. The molecule has 0 fully saturated rings. The minimum absolute atomic E-state index is 0.155. The molecule has 0 aliphatic rings. The lowest BCUT2D eigenvalue weighted by molar-refractivity contribution is -0.150. The molecule has 1 atom stereocenters. The van der Waals surface area contributed by atoms with Gasteiger partial charge in [-0.3, -0.25) is 0 Å². The van der Waals surface area contributed by atoms with Gasteiger partial charge in [0.05, 0.1) is 7.11 Å². The van der Waals surface area contributed by atoms with Crippen molar-refractivity contribution < 1.29 is 19.7 Å². The van der Waals surface area contributed by atoms with E-state index in [0.717, 1.165) is 0 Å². The first-order valence-electron chi connectivity index (χ1n) is 5.60. The van der Waals surface area contributed by atoms with Gasteiger partial charge in [-0.25, -0.2) is 4.79 Å². The third-order valence-electron chi connectivity index (χ3n) is 2.81. The van der Waals surface area contributed by atoms with E-state index in [4.69, 9.17) is 0 Å². The normalized spacial score (nSPS) is 12.6. The zero-order chi connectivity index (χ0) is 13.9. The highest BCUT2D eigenvalue weighted by molar-refractivity contribution is 5.77. The lowest BCUT2D eigenvalue weighted by atomic mass is 9.97. The summed E-state index contributed by atoms with van der Waals surface area (Å²) in [6.45, 7) is 2.29. The van der Waals surface area contributed by atoms with E-state index >= 15 is 0 Å². The molecule has 0 bridgehead atoms. The molecule has 0 saturated heterocycles. The molecule has 1 rings (SSSR count). The second-order valence-corrected chi connectivity index (χ2v) is 4.44. The summed E-state index contributed by atoms with van der Waals surface area (Å²) in [7, 11) is 4.98. The van der Waals surface area contributed by atoms with Crippen molar-refractivity contribution in [2.24, 2.45) is 0 Å². The Labute approximate surface area is 107 Å². The molecule has 0 aliphatic carbocycles. The minimum atomic E-state index is -1.32. The van der Waals surface area contributed by atoms with Crippen LogP contribution >= 0.6 is 0 Å². The third kappa shape index (κ3) is 3.00. The first-order valence-corrected chi connectivity index (χ1v) is 5.60. The minimum Gasteiger partial charge on any atom is -0.508 e. The molecule has 1 unspecified atom stereocenters. The van der Waals surface area contributed by atoms with Crippen molar-refractivity contribution in [1.82, 2.24) is 4.90 Å². The number of phenolic OH excluding ortho intramolecular Hbond substituents is 1. The van der Waals surface area contributed by atoms with E-state index in [1.165, 1.54) is 19.2 Å². The van der Waals surface area contributed by atoms with E-state index in [-0.39, 0.29) is 5.75 Å². The number of nitrogens with zero attached hydrogens (tertiary/aromatic N) is 1. The van der Waals surface area contributed by atoms with Crippen molar-refractivity contribution in [3.05, 3.63) is 28.8 Å². The number of aliphatic hydroxyl groups is 1. The molecule has 0 aliphatic heterocycles. The monoisotopic (exact) mass is 253 g/mol. The molecule has 0 amide bonds.